The number of pyridine rings is 1. The van der Waals surface area contributed by atoms with E-state index >= 15 is 0 Å². The van der Waals surface area contributed by atoms with Crippen LogP contribution in [0.4, 0.5) is 0 Å². The normalized spacial score (nSPS) is 21.2. The zero-order valence-corrected chi connectivity index (χ0v) is 15.8. The first-order valence-electron chi connectivity index (χ1n) is 9.96. The van der Waals surface area contributed by atoms with Gasteiger partial charge >= 0.3 is 0 Å². The Morgan fingerprint density at radius 1 is 1.11 bits per heavy atom. The molecule has 6 nitrogen and oxygen atoms in total. The van der Waals surface area contributed by atoms with E-state index in [1.807, 2.05) is 29.1 Å². The summed E-state index contributed by atoms with van der Waals surface area (Å²) in [5.74, 6) is 1.25. The Hall–Kier alpha value is -2.86. The third kappa shape index (κ3) is 3.36. The number of nitrogens with two attached hydrogens (primary N) is 1. The Morgan fingerprint density at radius 3 is 2.89 bits per heavy atom. The second-order valence-electron chi connectivity index (χ2n) is 7.60. The average Bonchev–Trinajstić information content (AvgIpc) is 3.17. The second kappa shape index (κ2) is 7.28. The van der Waals surface area contributed by atoms with Crippen molar-refractivity contribution in [2.45, 2.75) is 50.9 Å². The molecule has 2 aliphatic rings. The van der Waals surface area contributed by atoms with Crippen LogP contribution in [0.2, 0.25) is 0 Å². The monoisotopic (exact) mass is 376 g/mol. The number of hydrogen-bond donors (Lipinski definition) is 1. The summed E-state index contributed by atoms with van der Waals surface area (Å²) in [6.07, 6.45) is 9.19. The summed E-state index contributed by atoms with van der Waals surface area (Å²) in [5, 5.41) is 4.30. The van der Waals surface area contributed by atoms with Crippen molar-refractivity contribution in [3.63, 3.8) is 0 Å². The van der Waals surface area contributed by atoms with Gasteiger partial charge in [-0.1, -0.05) is 12.5 Å². The van der Waals surface area contributed by atoms with E-state index in [1.54, 1.807) is 6.20 Å². The van der Waals surface area contributed by atoms with Gasteiger partial charge < -0.3 is 15.2 Å². The maximum atomic E-state index is 6.16. The van der Waals surface area contributed by atoms with Crippen molar-refractivity contribution in [1.29, 1.82) is 0 Å². The first-order valence-corrected chi connectivity index (χ1v) is 9.96. The minimum atomic E-state index is 0.135. The maximum Gasteiger partial charge on any atom is 0.225 e. The van der Waals surface area contributed by atoms with Crippen LogP contribution in [0.1, 0.15) is 37.7 Å². The number of hydrogen-bond acceptors (Lipinski definition) is 5. The van der Waals surface area contributed by atoms with Gasteiger partial charge in [0.1, 0.15) is 12.7 Å². The molecule has 0 spiro atoms. The number of ether oxygens (including phenoxy) is 2. The average molecular weight is 376 g/mol. The van der Waals surface area contributed by atoms with E-state index in [2.05, 4.69) is 28.3 Å². The summed E-state index contributed by atoms with van der Waals surface area (Å²) in [7, 11) is 0. The number of rotatable bonds is 3. The molecule has 1 aliphatic heterocycles. The highest BCUT2D eigenvalue weighted by atomic mass is 16.5. The standard InChI is InChI=1S/C22H24N4O2/c23-16-4-1-2-5-18(13-16)28-21-9-8-20-19-7-6-17(26-11-3-10-24-26)12-15(19)14-27-22(20)25-21/h3,6-12,16,18H,1-2,4-5,13-14,23H2/t16-,18?/m0/s1. The van der Waals surface area contributed by atoms with Crippen LogP contribution in [0, 0.1) is 0 Å². The van der Waals surface area contributed by atoms with Crippen LogP contribution >= 0.6 is 0 Å². The lowest BCUT2D eigenvalue weighted by Crippen LogP contribution is -2.27. The molecule has 0 amide bonds. The van der Waals surface area contributed by atoms with E-state index in [0.29, 0.717) is 18.4 Å². The summed E-state index contributed by atoms with van der Waals surface area (Å²) < 4.78 is 13.9. The molecule has 5 rings (SSSR count). The lowest BCUT2D eigenvalue weighted by atomic mass is 9.98. The van der Waals surface area contributed by atoms with Gasteiger partial charge in [-0.15, -0.1) is 0 Å². The highest BCUT2D eigenvalue weighted by Gasteiger charge is 2.23. The highest BCUT2D eigenvalue weighted by molar-refractivity contribution is 5.74. The van der Waals surface area contributed by atoms with Crippen molar-refractivity contribution in [3.8, 4) is 28.6 Å². The van der Waals surface area contributed by atoms with Gasteiger partial charge in [0, 0.05) is 30.1 Å². The molecule has 0 saturated heterocycles. The number of aromatic nitrogens is 3. The van der Waals surface area contributed by atoms with E-state index in [4.69, 9.17) is 15.2 Å². The smallest absolute Gasteiger partial charge is 0.225 e. The minimum Gasteiger partial charge on any atom is -0.474 e. The van der Waals surface area contributed by atoms with Crippen LogP contribution in [0.5, 0.6) is 11.8 Å². The van der Waals surface area contributed by atoms with Crippen molar-refractivity contribution >= 4 is 0 Å². The Kier molecular flexibility index (Phi) is 4.49. The van der Waals surface area contributed by atoms with Gasteiger partial charge in [0.05, 0.1) is 5.69 Å². The van der Waals surface area contributed by atoms with Gasteiger partial charge in [-0.25, -0.2) is 4.68 Å². The van der Waals surface area contributed by atoms with Gasteiger partial charge in [0.15, 0.2) is 0 Å². The van der Waals surface area contributed by atoms with Crippen LogP contribution in [0.15, 0.2) is 48.8 Å². The zero-order chi connectivity index (χ0) is 18.9. The Balaban J connectivity index is 1.39. The highest BCUT2D eigenvalue weighted by Crippen LogP contribution is 2.38. The molecule has 2 N–H and O–H groups in total. The van der Waals surface area contributed by atoms with Crippen molar-refractivity contribution in [1.82, 2.24) is 14.8 Å². The molecule has 1 saturated carbocycles. The Morgan fingerprint density at radius 2 is 2.00 bits per heavy atom. The first-order chi connectivity index (χ1) is 13.8. The molecule has 1 aromatic carbocycles. The summed E-state index contributed by atoms with van der Waals surface area (Å²) in [6.45, 7) is 0.488. The maximum absolute atomic E-state index is 6.16. The number of benzene rings is 1. The van der Waals surface area contributed by atoms with Gasteiger partial charge in [0.25, 0.3) is 0 Å². The lowest BCUT2D eigenvalue weighted by molar-refractivity contribution is 0.168. The van der Waals surface area contributed by atoms with E-state index in [-0.39, 0.29) is 12.1 Å². The fourth-order valence-electron chi connectivity index (χ4n) is 4.11. The van der Waals surface area contributed by atoms with Crippen molar-refractivity contribution in [3.05, 3.63) is 54.4 Å². The predicted octanol–water partition coefficient (Wildman–Crippen LogP) is 3.87. The van der Waals surface area contributed by atoms with Crippen LogP contribution in [-0.2, 0) is 6.61 Å². The zero-order valence-electron chi connectivity index (χ0n) is 15.8. The van der Waals surface area contributed by atoms with Crippen molar-refractivity contribution < 1.29 is 9.47 Å². The lowest BCUT2D eigenvalue weighted by Gasteiger charge is -2.23. The molecule has 144 valence electrons. The van der Waals surface area contributed by atoms with Crippen molar-refractivity contribution in [2.24, 2.45) is 5.73 Å². The molecule has 6 heteroatoms. The first kappa shape index (κ1) is 17.3. The third-order valence-corrected chi connectivity index (χ3v) is 5.55. The number of nitrogens with zero attached hydrogens (tertiary/aromatic N) is 3. The Bertz CT molecular complexity index is 971. The molecule has 0 radical (unpaired) electrons. The van der Waals surface area contributed by atoms with Gasteiger partial charge in [-0.05, 0) is 61.1 Å². The van der Waals surface area contributed by atoms with E-state index in [9.17, 15) is 0 Å². The van der Waals surface area contributed by atoms with Gasteiger partial charge in [0.2, 0.25) is 11.8 Å². The molecule has 0 bridgehead atoms. The van der Waals surface area contributed by atoms with Crippen LogP contribution in [0.25, 0.3) is 16.8 Å². The fourth-order valence-corrected chi connectivity index (χ4v) is 4.11. The molecule has 1 unspecified atom stereocenters. The summed E-state index contributed by atoms with van der Waals surface area (Å²) in [6, 6.07) is 12.4. The fraction of sp³-hybridized carbons (Fsp3) is 0.364. The molecule has 3 aromatic rings. The van der Waals surface area contributed by atoms with Gasteiger partial charge in [-0.2, -0.15) is 10.1 Å². The van der Waals surface area contributed by atoms with Crippen molar-refractivity contribution in [2.75, 3.05) is 0 Å². The topological polar surface area (TPSA) is 75.2 Å². The van der Waals surface area contributed by atoms with E-state index in [1.165, 1.54) is 6.42 Å². The molecule has 2 atom stereocenters. The third-order valence-electron chi connectivity index (χ3n) is 5.55. The minimum absolute atomic E-state index is 0.135. The van der Waals surface area contributed by atoms with Crippen LogP contribution < -0.4 is 15.2 Å². The Labute approximate surface area is 164 Å². The second-order valence-corrected chi connectivity index (χ2v) is 7.60. The molecule has 3 heterocycles. The number of fused-ring (bicyclic) bond motifs is 3. The predicted molar refractivity (Wildman–Crippen MR) is 107 cm³/mol. The molecule has 1 fully saturated rings. The molecule has 1 aliphatic carbocycles. The molecular formula is C22H24N4O2. The van der Waals surface area contributed by atoms with E-state index < -0.39 is 0 Å². The summed E-state index contributed by atoms with van der Waals surface area (Å²) >= 11 is 0. The molecular weight excluding hydrogens is 352 g/mol. The molecule has 28 heavy (non-hydrogen) atoms. The quantitative estimate of drug-likeness (QED) is 0.703. The van der Waals surface area contributed by atoms with Gasteiger partial charge in [-0.3, -0.25) is 0 Å². The van der Waals surface area contributed by atoms with Crippen LogP contribution in [-0.4, -0.2) is 26.9 Å². The van der Waals surface area contributed by atoms with Crippen LogP contribution in [0.3, 0.4) is 0 Å². The molecule has 2 aromatic heterocycles. The van der Waals surface area contributed by atoms with E-state index in [0.717, 1.165) is 48.1 Å². The summed E-state index contributed by atoms with van der Waals surface area (Å²) in [5.41, 5.74) is 10.5. The summed E-state index contributed by atoms with van der Waals surface area (Å²) in [4.78, 5) is 4.63. The largest absolute Gasteiger partial charge is 0.474 e. The SMILES string of the molecule is N[C@H]1CCCCC(Oc2ccc3c(n2)OCc2cc(-n4cccn4)ccc2-3)C1.